The number of benzene rings is 2. The third kappa shape index (κ3) is 4.07. The van der Waals surface area contributed by atoms with Crippen LogP contribution in [0, 0.1) is 19.7 Å². The molecule has 2 heterocycles. The summed E-state index contributed by atoms with van der Waals surface area (Å²) in [4.78, 5) is 21.5. The number of thiazole rings is 1. The summed E-state index contributed by atoms with van der Waals surface area (Å²) in [5.74, 6) is -0.200. The number of rotatable bonds is 5. The second-order valence-electron chi connectivity index (χ2n) is 6.34. The molecule has 4 aromatic rings. The van der Waals surface area contributed by atoms with Gasteiger partial charge in [0.2, 0.25) is 5.82 Å². The van der Waals surface area contributed by atoms with Crippen LogP contribution >= 0.6 is 11.3 Å². The van der Waals surface area contributed by atoms with Crippen LogP contribution in [0.15, 0.2) is 53.1 Å². The predicted octanol–water partition coefficient (Wildman–Crippen LogP) is 4.97. The maximum absolute atomic E-state index is 13.1. The average Bonchev–Trinajstić information content (AvgIpc) is 3.34. The first-order chi connectivity index (χ1) is 14.0. The molecule has 0 N–H and O–H groups in total. The molecule has 0 aliphatic rings. The highest BCUT2D eigenvalue weighted by Crippen LogP contribution is 2.29. The normalized spacial score (nSPS) is 10.9. The summed E-state index contributed by atoms with van der Waals surface area (Å²) in [5, 5.41) is 4.57. The van der Waals surface area contributed by atoms with Crippen LogP contribution in [0.5, 0.6) is 0 Å². The lowest BCUT2D eigenvalue weighted by Crippen LogP contribution is -2.05. The molecule has 8 heteroatoms. The van der Waals surface area contributed by atoms with Gasteiger partial charge in [0.15, 0.2) is 6.61 Å². The second kappa shape index (κ2) is 7.92. The zero-order chi connectivity index (χ0) is 20.4. The number of aryl methyl sites for hydroxylation is 2. The van der Waals surface area contributed by atoms with E-state index in [-0.39, 0.29) is 18.3 Å². The van der Waals surface area contributed by atoms with Crippen molar-refractivity contribution in [2.45, 2.75) is 20.5 Å². The van der Waals surface area contributed by atoms with Crippen molar-refractivity contribution in [3.63, 3.8) is 0 Å². The fraction of sp³-hybridized carbons (Fsp3) is 0.143. The van der Waals surface area contributed by atoms with Crippen molar-refractivity contribution >= 4 is 17.3 Å². The Balaban J connectivity index is 1.45. The lowest BCUT2D eigenvalue weighted by molar-refractivity contribution is 0.0434. The number of hydrogen-bond donors (Lipinski definition) is 0. The highest BCUT2D eigenvalue weighted by Gasteiger charge is 2.19. The van der Waals surface area contributed by atoms with Crippen molar-refractivity contribution in [1.29, 1.82) is 0 Å². The number of carbonyl (C=O) groups is 1. The van der Waals surface area contributed by atoms with Crippen LogP contribution in [0.25, 0.3) is 22.0 Å². The predicted molar refractivity (Wildman–Crippen MR) is 106 cm³/mol. The van der Waals surface area contributed by atoms with Gasteiger partial charge < -0.3 is 9.26 Å². The van der Waals surface area contributed by atoms with Crippen molar-refractivity contribution in [3.8, 4) is 22.0 Å². The summed E-state index contributed by atoms with van der Waals surface area (Å²) < 4.78 is 23.6. The van der Waals surface area contributed by atoms with Gasteiger partial charge in [-0.25, -0.2) is 14.2 Å². The quantitative estimate of drug-likeness (QED) is 0.433. The van der Waals surface area contributed by atoms with Crippen LogP contribution in [0.1, 0.15) is 26.8 Å². The molecule has 2 aromatic carbocycles. The standard InChI is InChI=1S/C21H16FN3O3S/c1-12-5-3-4-6-16(12)19-24-17(28-25-19)11-27-21(26)18-13(2)23-20(29-18)14-7-9-15(22)10-8-14/h3-10H,11H2,1-2H3. The molecule has 0 saturated heterocycles. The maximum Gasteiger partial charge on any atom is 0.350 e. The second-order valence-corrected chi connectivity index (χ2v) is 7.34. The Morgan fingerprint density at radius 3 is 2.62 bits per heavy atom. The number of ether oxygens (including phenoxy) is 1. The van der Waals surface area contributed by atoms with E-state index in [4.69, 9.17) is 9.26 Å². The van der Waals surface area contributed by atoms with Gasteiger partial charge in [-0.3, -0.25) is 0 Å². The summed E-state index contributed by atoms with van der Waals surface area (Å²) in [6.07, 6.45) is 0. The Labute approximate surface area is 170 Å². The minimum absolute atomic E-state index is 0.138. The largest absolute Gasteiger partial charge is 0.451 e. The molecular weight excluding hydrogens is 393 g/mol. The zero-order valence-electron chi connectivity index (χ0n) is 15.7. The van der Waals surface area contributed by atoms with Crippen molar-refractivity contribution in [3.05, 3.63) is 76.4 Å². The van der Waals surface area contributed by atoms with Crippen LogP contribution in [-0.2, 0) is 11.3 Å². The van der Waals surface area contributed by atoms with Crippen molar-refractivity contribution in [2.75, 3.05) is 0 Å². The Kier molecular flexibility index (Phi) is 5.18. The van der Waals surface area contributed by atoms with E-state index in [2.05, 4.69) is 15.1 Å². The van der Waals surface area contributed by atoms with E-state index < -0.39 is 5.97 Å². The number of hydrogen-bond acceptors (Lipinski definition) is 7. The van der Waals surface area contributed by atoms with E-state index in [1.807, 2.05) is 31.2 Å². The van der Waals surface area contributed by atoms with Gasteiger partial charge in [0.05, 0.1) is 5.69 Å². The highest BCUT2D eigenvalue weighted by atomic mass is 32.1. The molecular formula is C21H16FN3O3S. The topological polar surface area (TPSA) is 78.1 Å². The highest BCUT2D eigenvalue weighted by molar-refractivity contribution is 7.17. The molecule has 4 rings (SSSR count). The fourth-order valence-electron chi connectivity index (χ4n) is 2.74. The first kappa shape index (κ1) is 18.9. The third-order valence-corrected chi connectivity index (χ3v) is 5.44. The molecule has 6 nitrogen and oxygen atoms in total. The molecule has 0 amide bonds. The lowest BCUT2D eigenvalue weighted by atomic mass is 10.1. The van der Waals surface area contributed by atoms with Crippen LogP contribution in [0.4, 0.5) is 4.39 Å². The molecule has 0 radical (unpaired) electrons. The zero-order valence-corrected chi connectivity index (χ0v) is 16.5. The number of carbonyl (C=O) groups excluding carboxylic acids is 1. The maximum atomic E-state index is 13.1. The fourth-order valence-corrected chi connectivity index (χ4v) is 3.71. The first-order valence-corrected chi connectivity index (χ1v) is 9.62. The van der Waals surface area contributed by atoms with Gasteiger partial charge in [-0.2, -0.15) is 4.98 Å². The Hall–Kier alpha value is -3.39. The van der Waals surface area contributed by atoms with Gasteiger partial charge in [-0.1, -0.05) is 29.4 Å². The molecule has 2 aromatic heterocycles. The van der Waals surface area contributed by atoms with E-state index in [1.54, 1.807) is 19.1 Å². The van der Waals surface area contributed by atoms with Crippen LogP contribution in [0.2, 0.25) is 0 Å². The van der Waals surface area contributed by atoms with E-state index >= 15 is 0 Å². The molecule has 0 aliphatic heterocycles. The Bertz CT molecular complexity index is 1170. The van der Waals surface area contributed by atoms with Gasteiger partial charge in [0.1, 0.15) is 15.7 Å². The number of aromatic nitrogens is 3. The van der Waals surface area contributed by atoms with Crippen LogP contribution < -0.4 is 0 Å². The van der Waals surface area contributed by atoms with E-state index in [0.29, 0.717) is 21.4 Å². The monoisotopic (exact) mass is 409 g/mol. The summed E-state index contributed by atoms with van der Waals surface area (Å²) in [5.41, 5.74) is 3.16. The Morgan fingerprint density at radius 2 is 1.86 bits per heavy atom. The third-order valence-electron chi connectivity index (χ3n) is 4.25. The molecule has 0 fully saturated rings. The Morgan fingerprint density at radius 1 is 1.10 bits per heavy atom. The summed E-state index contributed by atoms with van der Waals surface area (Å²) in [6, 6.07) is 13.6. The van der Waals surface area contributed by atoms with Crippen LogP contribution in [-0.4, -0.2) is 21.1 Å². The molecule has 0 unspecified atom stereocenters. The van der Waals surface area contributed by atoms with Crippen molar-refractivity contribution < 1.29 is 18.4 Å². The summed E-state index contributed by atoms with van der Waals surface area (Å²) in [7, 11) is 0. The van der Waals surface area contributed by atoms with E-state index in [9.17, 15) is 9.18 Å². The van der Waals surface area contributed by atoms with Gasteiger partial charge in [-0.05, 0) is 43.7 Å². The minimum Gasteiger partial charge on any atom is -0.451 e. The van der Waals surface area contributed by atoms with E-state index in [0.717, 1.165) is 16.7 Å². The molecule has 0 saturated carbocycles. The number of esters is 1. The first-order valence-electron chi connectivity index (χ1n) is 8.80. The molecule has 146 valence electrons. The number of nitrogens with zero attached hydrogens (tertiary/aromatic N) is 3. The molecule has 29 heavy (non-hydrogen) atoms. The molecule has 0 bridgehead atoms. The lowest BCUT2D eigenvalue weighted by Gasteiger charge is -2.00. The van der Waals surface area contributed by atoms with Gasteiger partial charge in [0, 0.05) is 11.1 Å². The smallest absolute Gasteiger partial charge is 0.350 e. The summed E-state index contributed by atoms with van der Waals surface area (Å²) >= 11 is 1.19. The van der Waals surface area contributed by atoms with E-state index in [1.165, 1.54) is 23.5 Å². The minimum atomic E-state index is -0.524. The summed E-state index contributed by atoms with van der Waals surface area (Å²) in [6.45, 7) is 3.54. The van der Waals surface area contributed by atoms with Crippen LogP contribution in [0.3, 0.4) is 0 Å². The molecule has 0 spiro atoms. The van der Waals surface area contributed by atoms with Gasteiger partial charge in [0.25, 0.3) is 5.89 Å². The van der Waals surface area contributed by atoms with Crippen molar-refractivity contribution in [2.24, 2.45) is 0 Å². The van der Waals surface area contributed by atoms with Gasteiger partial charge in [-0.15, -0.1) is 11.3 Å². The molecule has 0 atom stereocenters. The average molecular weight is 409 g/mol. The van der Waals surface area contributed by atoms with Gasteiger partial charge >= 0.3 is 5.97 Å². The number of halogens is 1. The SMILES string of the molecule is Cc1ccccc1-c1noc(COC(=O)c2sc(-c3ccc(F)cc3)nc2C)n1. The molecule has 0 aliphatic carbocycles. The van der Waals surface area contributed by atoms with Crippen molar-refractivity contribution in [1.82, 2.24) is 15.1 Å².